The van der Waals surface area contributed by atoms with Crippen LogP contribution >= 0.6 is 0 Å². The molecule has 1 aromatic heterocycles. The van der Waals surface area contributed by atoms with Gasteiger partial charge >= 0.3 is 0 Å². The molecule has 1 aliphatic heterocycles. The van der Waals surface area contributed by atoms with E-state index in [-0.39, 0.29) is 0 Å². The molecular formula is C10H18N4. The molecule has 0 spiro atoms. The van der Waals surface area contributed by atoms with Gasteiger partial charge in [0.2, 0.25) is 0 Å². The molecule has 2 rings (SSSR count). The van der Waals surface area contributed by atoms with Gasteiger partial charge in [-0.2, -0.15) is 0 Å². The van der Waals surface area contributed by atoms with Crippen LogP contribution in [0.15, 0.2) is 6.33 Å². The highest BCUT2D eigenvalue weighted by atomic mass is 15.3. The van der Waals surface area contributed by atoms with Crippen molar-refractivity contribution >= 4 is 0 Å². The van der Waals surface area contributed by atoms with Gasteiger partial charge in [-0.15, -0.1) is 10.2 Å². The van der Waals surface area contributed by atoms with E-state index >= 15 is 0 Å². The fourth-order valence-electron chi connectivity index (χ4n) is 1.96. The molecule has 4 heteroatoms. The van der Waals surface area contributed by atoms with Crippen molar-refractivity contribution < 1.29 is 0 Å². The van der Waals surface area contributed by atoms with Gasteiger partial charge in [0, 0.05) is 19.0 Å². The lowest BCUT2D eigenvalue weighted by molar-refractivity contribution is 0.498. The van der Waals surface area contributed by atoms with Gasteiger partial charge in [0.1, 0.15) is 12.2 Å². The van der Waals surface area contributed by atoms with Crippen LogP contribution < -0.4 is 5.32 Å². The first-order chi connectivity index (χ1) is 6.77. The van der Waals surface area contributed by atoms with E-state index in [0.717, 1.165) is 25.3 Å². The summed E-state index contributed by atoms with van der Waals surface area (Å²) in [6, 6.07) is 0.568. The molecule has 1 aromatic rings. The van der Waals surface area contributed by atoms with Gasteiger partial charge in [-0.05, 0) is 18.9 Å². The summed E-state index contributed by atoms with van der Waals surface area (Å²) >= 11 is 0. The molecule has 0 radical (unpaired) electrons. The van der Waals surface area contributed by atoms with Crippen molar-refractivity contribution in [1.29, 1.82) is 0 Å². The average molecular weight is 194 g/mol. The summed E-state index contributed by atoms with van der Waals surface area (Å²) in [5, 5.41) is 11.6. The second kappa shape index (κ2) is 4.09. The van der Waals surface area contributed by atoms with E-state index in [0.29, 0.717) is 12.0 Å². The van der Waals surface area contributed by atoms with Gasteiger partial charge in [0.25, 0.3) is 0 Å². The Morgan fingerprint density at radius 3 is 3.14 bits per heavy atom. The van der Waals surface area contributed by atoms with Crippen LogP contribution in [-0.2, 0) is 6.42 Å². The Balaban J connectivity index is 2.12. The van der Waals surface area contributed by atoms with Crippen molar-refractivity contribution in [3.8, 4) is 0 Å². The molecule has 0 aliphatic carbocycles. The normalized spacial score (nSPS) is 22.1. The highest BCUT2D eigenvalue weighted by Crippen LogP contribution is 2.17. The summed E-state index contributed by atoms with van der Waals surface area (Å²) in [6.45, 7) is 6.60. The van der Waals surface area contributed by atoms with Crippen LogP contribution in [0.3, 0.4) is 0 Å². The standard InChI is InChI=1S/C10H18N4/c1-8(2)5-10-13-12-7-14(10)9-3-4-11-6-9/h7-9,11H,3-6H2,1-2H3. The van der Waals surface area contributed by atoms with Gasteiger partial charge in [-0.3, -0.25) is 0 Å². The molecule has 1 N–H and O–H groups in total. The van der Waals surface area contributed by atoms with E-state index in [1.54, 1.807) is 0 Å². The summed E-state index contributed by atoms with van der Waals surface area (Å²) in [7, 11) is 0. The number of hydrogen-bond donors (Lipinski definition) is 1. The van der Waals surface area contributed by atoms with Crippen LogP contribution in [0.25, 0.3) is 0 Å². The maximum Gasteiger partial charge on any atom is 0.133 e. The van der Waals surface area contributed by atoms with Gasteiger partial charge in [-0.25, -0.2) is 0 Å². The van der Waals surface area contributed by atoms with Crippen molar-refractivity contribution in [2.45, 2.75) is 32.7 Å². The minimum absolute atomic E-state index is 0.568. The maximum atomic E-state index is 4.19. The first-order valence-corrected chi connectivity index (χ1v) is 5.36. The topological polar surface area (TPSA) is 42.7 Å². The van der Waals surface area contributed by atoms with Crippen LogP contribution in [0.2, 0.25) is 0 Å². The molecule has 1 unspecified atom stereocenters. The van der Waals surface area contributed by atoms with Crippen LogP contribution in [0.4, 0.5) is 0 Å². The Kier molecular flexibility index (Phi) is 2.82. The third kappa shape index (κ3) is 1.95. The fourth-order valence-corrected chi connectivity index (χ4v) is 1.96. The van der Waals surface area contributed by atoms with Gasteiger partial charge in [-0.1, -0.05) is 13.8 Å². The Bertz CT molecular complexity index is 286. The summed E-state index contributed by atoms with van der Waals surface area (Å²) in [5.41, 5.74) is 0. The summed E-state index contributed by atoms with van der Waals surface area (Å²) in [5.74, 6) is 1.78. The first kappa shape index (κ1) is 9.65. The molecule has 0 saturated carbocycles. The summed E-state index contributed by atoms with van der Waals surface area (Å²) < 4.78 is 2.24. The summed E-state index contributed by atoms with van der Waals surface area (Å²) in [4.78, 5) is 0. The lowest BCUT2D eigenvalue weighted by Gasteiger charge is -2.13. The Morgan fingerprint density at radius 1 is 1.64 bits per heavy atom. The minimum atomic E-state index is 0.568. The van der Waals surface area contributed by atoms with Crippen LogP contribution in [0, 0.1) is 5.92 Å². The van der Waals surface area contributed by atoms with E-state index < -0.39 is 0 Å². The van der Waals surface area contributed by atoms with Crippen molar-refractivity contribution in [3.05, 3.63) is 12.2 Å². The van der Waals surface area contributed by atoms with Crippen molar-refractivity contribution in [2.24, 2.45) is 5.92 Å². The highest BCUT2D eigenvalue weighted by molar-refractivity contribution is 4.93. The van der Waals surface area contributed by atoms with E-state index in [9.17, 15) is 0 Å². The molecule has 14 heavy (non-hydrogen) atoms. The third-order valence-corrected chi connectivity index (χ3v) is 2.67. The van der Waals surface area contributed by atoms with Crippen LogP contribution in [0.1, 0.15) is 32.1 Å². The van der Waals surface area contributed by atoms with Crippen molar-refractivity contribution in [1.82, 2.24) is 20.1 Å². The largest absolute Gasteiger partial charge is 0.315 e. The predicted molar refractivity (Wildman–Crippen MR) is 55.1 cm³/mol. The predicted octanol–water partition coefficient (Wildman–Crippen LogP) is 1.01. The zero-order valence-corrected chi connectivity index (χ0v) is 8.90. The molecule has 78 valence electrons. The molecule has 4 nitrogen and oxygen atoms in total. The molecule has 0 amide bonds. The van der Waals surface area contributed by atoms with E-state index in [1.165, 1.54) is 6.42 Å². The molecule has 2 heterocycles. The molecule has 1 atom stereocenters. The van der Waals surface area contributed by atoms with E-state index in [1.807, 2.05) is 6.33 Å². The number of nitrogens with one attached hydrogen (secondary N) is 1. The molecular weight excluding hydrogens is 176 g/mol. The number of nitrogens with zero attached hydrogens (tertiary/aromatic N) is 3. The zero-order valence-electron chi connectivity index (χ0n) is 8.90. The maximum absolute atomic E-state index is 4.19. The Morgan fingerprint density at radius 2 is 2.50 bits per heavy atom. The molecule has 1 aliphatic rings. The van der Waals surface area contributed by atoms with E-state index in [2.05, 4.69) is 33.9 Å². The Hall–Kier alpha value is -0.900. The van der Waals surface area contributed by atoms with Gasteiger partial charge < -0.3 is 9.88 Å². The fraction of sp³-hybridized carbons (Fsp3) is 0.800. The van der Waals surface area contributed by atoms with Gasteiger partial charge in [0.05, 0.1) is 0 Å². The molecule has 0 aromatic carbocycles. The molecule has 0 bridgehead atoms. The highest BCUT2D eigenvalue weighted by Gasteiger charge is 2.19. The number of hydrogen-bond acceptors (Lipinski definition) is 3. The van der Waals surface area contributed by atoms with Crippen molar-refractivity contribution in [3.63, 3.8) is 0 Å². The van der Waals surface area contributed by atoms with Crippen LogP contribution in [-0.4, -0.2) is 27.9 Å². The smallest absolute Gasteiger partial charge is 0.133 e. The monoisotopic (exact) mass is 194 g/mol. The molecule has 1 saturated heterocycles. The number of aromatic nitrogens is 3. The lowest BCUT2D eigenvalue weighted by atomic mass is 10.1. The van der Waals surface area contributed by atoms with Gasteiger partial charge in [0.15, 0.2) is 0 Å². The second-order valence-corrected chi connectivity index (χ2v) is 4.40. The minimum Gasteiger partial charge on any atom is -0.315 e. The second-order valence-electron chi connectivity index (χ2n) is 4.40. The lowest BCUT2D eigenvalue weighted by Crippen LogP contribution is -2.16. The zero-order chi connectivity index (χ0) is 9.97. The van der Waals surface area contributed by atoms with Crippen LogP contribution in [0.5, 0.6) is 0 Å². The number of rotatable bonds is 3. The quantitative estimate of drug-likeness (QED) is 0.781. The first-order valence-electron chi connectivity index (χ1n) is 5.36. The summed E-state index contributed by atoms with van der Waals surface area (Å²) in [6.07, 6.45) is 4.09. The average Bonchev–Trinajstić information content (AvgIpc) is 2.70. The third-order valence-electron chi connectivity index (χ3n) is 2.67. The Labute approximate surface area is 84.7 Å². The molecule has 1 fully saturated rings. The SMILES string of the molecule is CC(C)Cc1nncn1C1CCNC1. The van der Waals surface area contributed by atoms with Crippen molar-refractivity contribution in [2.75, 3.05) is 13.1 Å². The van der Waals surface area contributed by atoms with E-state index in [4.69, 9.17) is 0 Å².